The van der Waals surface area contributed by atoms with Crippen molar-refractivity contribution in [2.24, 2.45) is 0 Å². The van der Waals surface area contributed by atoms with Gasteiger partial charge in [-0.3, -0.25) is 4.79 Å². The Morgan fingerprint density at radius 1 is 1.10 bits per heavy atom. The zero-order chi connectivity index (χ0) is 21.3. The number of aromatic nitrogens is 2. The topological polar surface area (TPSA) is 54.9 Å². The third-order valence-corrected chi connectivity index (χ3v) is 6.91. The maximum Gasteiger partial charge on any atom is 0.234 e. The molecule has 0 bridgehead atoms. The second-order valence-electron chi connectivity index (χ2n) is 7.15. The van der Waals surface area contributed by atoms with Gasteiger partial charge in [0, 0.05) is 10.9 Å². The van der Waals surface area contributed by atoms with Gasteiger partial charge in [0.25, 0.3) is 0 Å². The maximum absolute atomic E-state index is 12.6. The molecule has 4 nitrogen and oxygen atoms in total. The number of hydrogen-bond acceptors (Lipinski definition) is 5. The van der Waals surface area contributed by atoms with Crippen LogP contribution in [0.4, 0.5) is 5.69 Å². The molecule has 1 N–H and O–H groups in total. The minimum atomic E-state index is -0.118. The standard InChI is InChI=1S/C23H20ClN3OS2/c1-13-4-6-16(7-5-13)17-10-29-22-20(17)23(26-12-25-22)30-11-19(28)27-21-15(3)8-14(2)9-18(21)24/h4-10,12H,11H2,1-3H3,(H,27,28). The lowest BCUT2D eigenvalue weighted by Gasteiger charge is -2.11. The van der Waals surface area contributed by atoms with Gasteiger partial charge < -0.3 is 5.32 Å². The molecule has 4 aromatic rings. The molecule has 2 heterocycles. The number of halogens is 1. The number of anilines is 1. The molecule has 7 heteroatoms. The molecule has 0 aliphatic carbocycles. The highest BCUT2D eigenvalue weighted by Gasteiger charge is 2.16. The summed E-state index contributed by atoms with van der Waals surface area (Å²) in [6.45, 7) is 5.99. The SMILES string of the molecule is Cc1ccc(-c2csc3ncnc(SCC(=O)Nc4c(C)cc(C)cc4Cl)c23)cc1. The lowest BCUT2D eigenvalue weighted by atomic mass is 10.1. The van der Waals surface area contributed by atoms with Crippen LogP contribution in [-0.4, -0.2) is 21.6 Å². The number of amides is 1. The maximum atomic E-state index is 12.6. The highest BCUT2D eigenvalue weighted by atomic mass is 35.5. The minimum Gasteiger partial charge on any atom is -0.324 e. The number of rotatable bonds is 5. The van der Waals surface area contributed by atoms with E-state index in [2.05, 4.69) is 51.9 Å². The predicted octanol–water partition coefficient (Wildman–Crippen LogP) is 6.67. The van der Waals surface area contributed by atoms with Crippen molar-refractivity contribution in [3.63, 3.8) is 0 Å². The van der Waals surface area contributed by atoms with E-state index < -0.39 is 0 Å². The van der Waals surface area contributed by atoms with E-state index in [0.29, 0.717) is 10.7 Å². The van der Waals surface area contributed by atoms with Crippen molar-refractivity contribution in [2.45, 2.75) is 25.8 Å². The summed E-state index contributed by atoms with van der Waals surface area (Å²) >= 11 is 9.31. The van der Waals surface area contributed by atoms with E-state index in [0.717, 1.165) is 37.5 Å². The molecule has 0 spiro atoms. The van der Waals surface area contributed by atoms with Crippen LogP contribution in [0.2, 0.25) is 5.02 Å². The molecule has 1 amide bonds. The molecular formula is C23H20ClN3OS2. The smallest absolute Gasteiger partial charge is 0.234 e. The van der Waals surface area contributed by atoms with Crippen LogP contribution in [0.25, 0.3) is 21.3 Å². The zero-order valence-electron chi connectivity index (χ0n) is 16.8. The van der Waals surface area contributed by atoms with Crippen LogP contribution >= 0.6 is 34.7 Å². The Morgan fingerprint density at radius 3 is 2.60 bits per heavy atom. The van der Waals surface area contributed by atoms with E-state index in [-0.39, 0.29) is 11.7 Å². The fraction of sp³-hybridized carbons (Fsp3) is 0.174. The van der Waals surface area contributed by atoms with E-state index >= 15 is 0 Å². The van der Waals surface area contributed by atoms with Crippen molar-refractivity contribution in [1.82, 2.24) is 9.97 Å². The second-order valence-corrected chi connectivity index (χ2v) is 9.38. The normalized spacial score (nSPS) is 11.1. The van der Waals surface area contributed by atoms with Gasteiger partial charge in [-0.1, -0.05) is 59.3 Å². The van der Waals surface area contributed by atoms with Gasteiger partial charge in [0.1, 0.15) is 16.2 Å². The lowest BCUT2D eigenvalue weighted by Crippen LogP contribution is -2.15. The molecule has 0 radical (unpaired) electrons. The molecule has 0 saturated heterocycles. The molecule has 30 heavy (non-hydrogen) atoms. The molecule has 0 aliphatic rings. The summed E-state index contributed by atoms with van der Waals surface area (Å²) in [5, 5.41) is 7.39. The summed E-state index contributed by atoms with van der Waals surface area (Å²) in [5.41, 5.74) is 6.10. The Bertz CT molecular complexity index is 1210. The van der Waals surface area contributed by atoms with E-state index in [9.17, 15) is 4.79 Å². The van der Waals surface area contributed by atoms with Gasteiger partial charge in [-0.05, 0) is 43.5 Å². The second kappa shape index (κ2) is 8.76. The summed E-state index contributed by atoms with van der Waals surface area (Å²) < 4.78 is 0. The molecule has 0 aliphatic heterocycles. The number of carbonyl (C=O) groups is 1. The number of thiophene rings is 1. The van der Waals surface area contributed by atoms with Gasteiger partial charge in [0.05, 0.1) is 21.8 Å². The fourth-order valence-corrected chi connectivity index (χ4v) is 5.45. The number of hydrogen-bond donors (Lipinski definition) is 1. The largest absolute Gasteiger partial charge is 0.324 e. The number of benzene rings is 2. The highest BCUT2D eigenvalue weighted by Crippen LogP contribution is 2.38. The van der Waals surface area contributed by atoms with Gasteiger partial charge in [-0.15, -0.1) is 11.3 Å². The molecule has 0 fully saturated rings. The third kappa shape index (κ3) is 4.36. The van der Waals surface area contributed by atoms with Crippen molar-refractivity contribution in [3.8, 4) is 11.1 Å². The molecule has 4 rings (SSSR count). The molecular weight excluding hydrogens is 434 g/mol. The first-order chi connectivity index (χ1) is 14.4. The van der Waals surface area contributed by atoms with E-state index in [1.54, 1.807) is 17.7 Å². The van der Waals surface area contributed by atoms with Crippen molar-refractivity contribution in [3.05, 3.63) is 69.8 Å². The van der Waals surface area contributed by atoms with E-state index in [1.807, 2.05) is 26.0 Å². The molecule has 152 valence electrons. The van der Waals surface area contributed by atoms with E-state index in [1.165, 1.54) is 17.3 Å². The van der Waals surface area contributed by atoms with Crippen LogP contribution in [0.1, 0.15) is 16.7 Å². The van der Waals surface area contributed by atoms with Crippen LogP contribution in [0.3, 0.4) is 0 Å². The summed E-state index contributed by atoms with van der Waals surface area (Å²) in [4.78, 5) is 22.4. The summed E-state index contributed by atoms with van der Waals surface area (Å²) in [5.74, 6) is 0.117. The van der Waals surface area contributed by atoms with Crippen molar-refractivity contribution in [1.29, 1.82) is 0 Å². The van der Waals surface area contributed by atoms with Crippen molar-refractivity contribution >= 4 is 56.5 Å². The average Bonchev–Trinajstić information content (AvgIpc) is 3.14. The minimum absolute atomic E-state index is 0.118. The molecule has 0 saturated carbocycles. The van der Waals surface area contributed by atoms with Gasteiger partial charge >= 0.3 is 0 Å². The number of fused-ring (bicyclic) bond motifs is 1. The fourth-order valence-electron chi connectivity index (χ4n) is 3.29. The lowest BCUT2D eigenvalue weighted by molar-refractivity contribution is -0.113. The van der Waals surface area contributed by atoms with Crippen molar-refractivity contribution < 1.29 is 4.79 Å². The highest BCUT2D eigenvalue weighted by molar-refractivity contribution is 8.00. The Balaban J connectivity index is 1.57. The summed E-state index contributed by atoms with van der Waals surface area (Å²) in [7, 11) is 0. The Labute approximate surface area is 188 Å². The monoisotopic (exact) mass is 453 g/mol. The predicted molar refractivity (Wildman–Crippen MR) is 128 cm³/mol. The van der Waals surface area contributed by atoms with Gasteiger partial charge in [-0.25, -0.2) is 9.97 Å². The number of nitrogens with one attached hydrogen (secondary N) is 1. The first kappa shape index (κ1) is 20.8. The Hall–Kier alpha value is -2.41. The van der Waals surface area contributed by atoms with Crippen LogP contribution in [-0.2, 0) is 4.79 Å². The molecule has 2 aromatic carbocycles. The number of aryl methyl sites for hydroxylation is 3. The summed E-state index contributed by atoms with van der Waals surface area (Å²) in [6.07, 6.45) is 1.55. The van der Waals surface area contributed by atoms with Crippen molar-refractivity contribution in [2.75, 3.05) is 11.1 Å². The average molecular weight is 454 g/mol. The van der Waals surface area contributed by atoms with Crippen LogP contribution in [0, 0.1) is 20.8 Å². The molecule has 0 unspecified atom stereocenters. The molecule has 2 aromatic heterocycles. The summed E-state index contributed by atoms with van der Waals surface area (Å²) in [6, 6.07) is 12.2. The zero-order valence-corrected chi connectivity index (χ0v) is 19.2. The van der Waals surface area contributed by atoms with Gasteiger partial charge in [-0.2, -0.15) is 0 Å². The van der Waals surface area contributed by atoms with Crippen LogP contribution < -0.4 is 5.32 Å². The number of thioether (sulfide) groups is 1. The van der Waals surface area contributed by atoms with E-state index in [4.69, 9.17) is 11.6 Å². The van der Waals surface area contributed by atoms with Gasteiger partial charge in [0.2, 0.25) is 5.91 Å². The quantitative estimate of drug-likeness (QED) is 0.271. The Morgan fingerprint density at radius 2 is 1.87 bits per heavy atom. The first-order valence-electron chi connectivity index (χ1n) is 9.41. The van der Waals surface area contributed by atoms with Gasteiger partial charge in [0.15, 0.2) is 0 Å². The molecule has 0 atom stereocenters. The number of carbonyl (C=O) groups excluding carboxylic acids is 1. The number of nitrogens with zero attached hydrogens (tertiary/aromatic N) is 2. The third-order valence-electron chi connectivity index (χ3n) is 4.73. The van der Waals surface area contributed by atoms with Crippen LogP contribution in [0.5, 0.6) is 0 Å². The Kier molecular flexibility index (Phi) is 6.09. The van der Waals surface area contributed by atoms with Crippen LogP contribution in [0.15, 0.2) is 53.1 Å². The first-order valence-corrected chi connectivity index (χ1v) is 11.7.